The van der Waals surface area contributed by atoms with Gasteiger partial charge in [-0.2, -0.15) is 0 Å². The van der Waals surface area contributed by atoms with Gasteiger partial charge in [-0.05, 0) is 34.0 Å². The first-order valence-electron chi connectivity index (χ1n) is 5.71. The van der Waals surface area contributed by atoms with Gasteiger partial charge in [0.25, 0.3) is 5.91 Å². The summed E-state index contributed by atoms with van der Waals surface area (Å²) in [5.41, 5.74) is 0.311. The number of halogens is 2. The lowest BCUT2D eigenvalue weighted by Gasteiger charge is -2.20. The molecule has 1 aromatic carbocycles. The first-order valence-corrected chi connectivity index (χ1v) is 6.88. The van der Waals surface area contributed by atoms with Crippen LogP contribution in [0.2, 0.25) is 5.02 Å². The minimum Gasteiger partial charge on any atom is -0.467 e. The summed E-state index contributed by atoms with van der Waals surface area (Å²) in [4.78, 5) is 23.7. The summed E-state index contributed by atoms with van der Waals surface area (Å²) in [6, 6.07) is 4.33. The number of ether oxygens (including phenoxy) is 1. The number of methoxy groups -OCH3 is 1. The molecule has 1 N–H and O–H groups in total. The Hall–Kier alpha value is -1.07. The molecule has 0 aliphatic carbocycles. The van der Waals surface area contributed by atoms with Crippen LogP contribution in [0, 0.1) is 5.92 Å². The summed E-state index contributed by atoms with van der Waals surface area (Å²) in [5.74, 6) is -0.966. The van der Waals surface area contributed by atoms with Crippen LogP contribution in [0.15, 0.2) is 22.7 Å². The number of rotatable bonds is 4. The summed E-state index contributed by atoms with van der Waals surface area (Å²) >= 11 is 9.29. The van der Waals surface area contributed by atoms with Gasteiger partial charge >= 0.3 is 5.97 Å². The smallest absolute Gasteiger partial charge is 0.328 e. The molecule has 0 fully saturated rings. The normalized spacial score (nSPS) is 12.1. The van der Waals surface area contributed by atoms with Gasteiger partial charge in [-0.15, -0.1) is 0 Å². The van der Waals surface area contributed by atoms with E-state index in [1.54, 1.807) is 18.2 Å². The summed E-state index contributed by atoms with van der Waals surface area (Å²) in [6.07, 6.45) is 0. The Balaban J connectivity index is 2.94. The van der Waals surface area contributed by atoms with Crippen LogP contribution in [-0.2, 0) is 9.53 Å². The highest BCUT2D eigenvalue weighted by molar-refractivity contribution is 9.10. The van der Waals surface area contributed by atoms with Crippen molar-refractivity contribution in [3.8, 4) is 0 Å². The van der Waals surface area contributed by atoms with Crippen LogP contribution in [0.5, 0.6) is 0 Å². The predicted octanol–water partition coefficient (Wildman–Crippen LogP) is 3.03. The second-order valence-corrected chi connectivity index (χ2v) is 5.55. The van der Waals surface area contributed by atoms with E-state index in [1.807, 2.05) is 13.8 Å². The minimum atomic E-state index is -0.701. The van der Waals surface area contributed by atoms with Crippen molar-refractivity contribution in [3.05, 3.63) is 33.3 Å². The van der Waals surface area contributed by atoms with Gasteiger partial charge in [-0.1, -0.05) is 31.5 Å². The molecule has 4 nitrogen and oxygen atoms in total. The van der Waals surface area contributed by atoms with Crippen LogP contribution in [0.3, 0.4) is 0 Å². The van der Waals surface area contributed by atoms with Gasteiger partial charge in [-0.3, -0.25) is 4.79 Å². The maximum atomic E-state index is 12.1. The first-order chi connectivity index (χ1) is 8.88. The van der Waals surface area contributed by atoms with Gasteiger partial charge in [0.1, 0.15) is 6.04 Å². The van der Waals surface area contributed by atoms with Crippen molar-refractivity contribution in [1.82, 2.24) is 5.32 Å². The quantitative estimate of drug-likeness (QED) is 0.851. The maximum absolute atomic E-state index is 12.1. The molecule has 1 amide bonds. The molecular formula is C13H15BrClNO3. The second-order valence-electron chi connectivity index (χ2n) is 4.32. The lowest BCUT2D eigenvalue weighted by molar-refractivity contribution is -0.144. The molecule has 0 radical (unpaired) electrons. The van der Waals surface area contributed by atoms with E-state index in [2.05, 4.69) is 26.0 Å². The van der Waals surface area contributed by atoms with Crippen molar-refractivity contribution in [2.75, 3.05) is 7.11 Å². The topological polar surface area (TPSA) is 55.4 Å². The number of nitrogens with one attached hydrogen (secondary N) is 1. The molecule has 104 valence electrons. The highest BCUT2D eigenvalue weighted by Gasteiger charge is 2.26. The fraction of sp³-hybridized carbons (Fsp3) is 0.385. The SMILES string of the molecule is COC(=O)C(NC(=O)c1cccc(Br)c1Cl)C(C)C. The maximum Gasteiger partial charge on any atom is 0.328 e. The molecule has 1 rings (SSSR count). The molecule has 0 saturated heterocycles. The summed E-state index contributed by atoms with van der Waals surface area (Å²) in [6.45, 7) is 3.65. The van der Waals surface area contributed by atoms with E-state index in [9.17, 15) is 9.59 Å². The van der Waals surface area contributed by atoms with Crippen LogP contribution in [0.25, 0.3) is 0 Å². The Morgan fingerprint density at radius 1 is 1.37 bits per heavy atom. The Kier molecular flexibility index (Phi) is 5.82. The van der Waals surface area contributed by atoms with Crippen LogP contribution < -0.4 is 5.32 Å². The Morgan fingerprint density at radius 2 is 2.00 bits per heavy atom. The van der Waals surface area contributed by atoms with Crippen LogP contribution >= 0.6 is 27.5 Å². The second kappa shape index (κ2) is 6.91. The zero-order chi connectivity index (χ0) is 14.6. The number of amides is 1. The highest BCUT2D eigenvalue weighted by atomic mass is 79.9. The average molecular weight is 349 g/mol. The molecule has 1 aromatic rings. The molecule has 0 spiro atoms. The molecule has 0 aromatic heterocycles. The van der Waals surface area contributed by atoms with E-state index < -0.39 is 17.9 Å². The van der Waals surface area contributed by atoms with Crippen molar-refractivity contribution in [2.24, 2.45) is 5.92 Å². The minimum absolute atomic E-state index is 0.0812. The average Bonchev–Trinajstić information content (AvgIpc) is 2.37. The van der Waals surface area contributed by atoms with Crippen molar-refractivity contribution in [1.29, 1.82) is 0 Å². The van der Waals surface area contributed by atoms with Gasteiger partial charge in [0, 0.05) is 4.47 Å². The van der Waals surface area contributed by atoms with Gasteiger partial charge in [0.05, 0.1) is 17.7 Å². The summed E-state index contributed by atoms with van der Waals surface area (Å²) in [7, 11) is 1.29. The molecule has 0 saturated carbocycles. The Morgan fingerprint density at radius 3 is 2.53 bits per heavy atom. The van der Waals surface area contributed by atoms with E-state index in [0.717, 1.165) is 0 Å². The fourth-order valence-electron chi connectivity index (χ4n) is 1.52. The van der Waals surface area contributed by atoms with Crippen LogP contribution in [-0.4, -0.2) is 25.0 Å². The summed E-state index contributed by atoms with van der Waals surface area (Å²) in [5, 5.41) is 2.95. The van der Waals surface area contributed by atoms with Crippen LogP contribution in [0.4, 0.5) is 0 Å². The van der Waals surface area contributed by atoms with E-state index in [1.165, 1.54) is 7.11 Å². The number of esters is 1. The molecule has 1 unspecified atom stereocenters. The lowest BCUT2D eigenvalue weighted by Crippen LogP contribution is -2.45. The van der Waals surface area contributed by atoms with E-state index in [-0.39, 0.29) is 5.92 Å². The van der Waals surface area contributed by atoms with Crippen molar-refractivity contribution < 1.29 is 14.3 Å². The third-order valence-electron chi connectivity index (χ3n) is 2.60. The standard InChI is InChI=1S/C13H15BrClNO3/c1-7(2)11(13(18)19-3)16-12(17)8-5-4-6-9(14)10(8)15/h4-7,11H,1-3H3,(H,16,17). The van der Waals surface area contributed by atoms with Gasteiger partial charge < -0.3 is 10.1 Å². The molecule has 6 heteroatoms. The fourth-order valence-corrected chi connectivity index (χ4v) is 2.10. The van der Waals surface area contributed by atoms with Gasteiger partial charge in [0.2, 0.25) is 0 Å². The largest absolute Gasteiger partial charge is 0.467 e. The molecular weight excluding hydrogens is 334 g/mol. The van der Waals surface area contributed by atoms with Gasteiger partial charge in [0.15, 0.2) is 0 Å². The summed E-state index contributed by atoms with van der Waals surface area (Å²) < 4.78 is 5.29. The zero-order valence-electron chi connectivity index (χ0n) is 10.9. The number of hydrogen-bond acceptors (Lipinski definition) is 3. The monoisotopic (exact) mass is 347 g/mol. The molecule has 19 heavy (non-hydrogen) atoms. The lowest BCUT2D eigenvalue weighted by atomic mass is 10.0. The van der Waals surface area contributed by atoms with Crippen molar-refractivity contribution in [2.45, 2.75) is 19.9 Å². The van der Waals surface area contributed by atoms with E-state index in [4.69, 9.17) is 11.6 Å². The molecule has 0 bridgehead atoms. The number of hydrogen-bond donors (Lipinski definition) is 1. The predicted molar refractivity (Wildman–Crippen MR) is 77.3 cm³/mol. The van der Waals surface area contributed by atoms with E-state index in [0.29, 0.717) is 15.1 Å². The third-order valence-corrected chi connectivity index (χ3v) is 3.90. The third kappa shape index (κ3) is 3.94. The molecule has 0 aliphatic rings. The first kappa shape index (κ1) is 16.0. The Bertz CT molecular complexity index is 491. The molecule has 0 aliphatic heterocycles. The zero-order valence-corrected chi connectivity index (χ0v) is 13.2. The highest BCUT2D eigenvalue weighted by Crippen LogP contribution is 2.26. The Labute approximate surface area is 125 Å². The number of benzene rings is 1. The molecule has 0 heterocycles. The number of carbonyl (C=O) groups is 2. The van der Waals surface area contributed by atoms with Gasteiger partial charge in [-0.25, -0.2) is 4.79 Å². The van der Waals surface area contributed by atoms with E-state index >= 15 is 0 Å². The number of carbonyl (C=O) groups excluding carboxylic acids is 2. The van der Waals surface area contributed by atoms with Crippen molar-refractivity contribution >= 4 is 39.4 Å². The van der Waals surface area contributed by atoms with Crippen LogP contribution in [0.1, 0.15) is 24.2 Å². The molecule has 1 atom stereocenters. The van der Waals surface area contributed by atoms with Crippen molar-refractivity contribution in [3.63, 3.8) is 0 Å².